The molecule has 0 aliphatic heterocycles. The van der Waals surface area contributed by atoms with Gasteiger partial charge in [0.15, 0.2) is 0 Å². The average Bonchev–Trinajstić information content (AvgIpc) is 2.14. The Morgan fingerprint density at radius 2 is 2.14 bits per heavy atom. The van der Waals surface area contributed by atoms with Crippen LogP contribution in [0.3, 0.4) is 0 Å². The van der Waals surface area contributed by atoms with Crippen molar-refractivity contribution < 1.29 is 4.39 Å². The molecule has 0 radical (unpaired) electrons. The minimum Gasteiger partial charge on any atom is -0.250 e. The zero-order valence-electron chi connectivity index (χ0n) is 8.92. The van der Waals surface area contributed by atoms with Gasteiger partial charge >= 0.3 is 0 Å². The van der Waals surface area contributed by atoms with Crippen LogP contribution in [0.1, 0.15) is 24.9 Å². The first-order valence-corrected chi connectivity index (χ1v) is 4.82. The molecule has 0 heterocycles. The van der Waals surface area contributed by atoms with Crippen molar-refractivity contribution in [3.05, 3.63) is 35.6 Å². The maximum atomic E-state index is 13.0. The summed E-state index contributed by atoms with van der Waals surface area (Å²) in [5.74, 6) is -0.179. The van der Waals surface area contributed by atoms with Gasteiger partial charge in [-0.05, 0) is 24.1 Å². The van der Waals surface area contributed by atoms with Gasteiger partial charge in [-0.1, -0.05) is 19.1 Å². The quantitative estimate of drug-likeness (QED) is 0.744. The summed E-state index contributed by atoms with van der Waals surface area (Å²) in [7, 11) is 3.86. The number of rotatable bonds is 4. The highest BCUT2D eigenvalue weighted by molar-refractivity contribution is 5.19. The number of hydrazine groups is 1. The van der Waals surface area contributed by atoms with Gasteiger partial charge < -0.3 is 0 Å². The number of hydrogen-bond acceptors (Lipinski definition) is 2. The molecule has 0 bridgehead atoms. The molecule has 1 unspecified atom stereocenters. The minimum atomic E-state index is -0.179. The Balaban J connectivity index is 2.78. The van der Waals surface area contributed by atoms with Crippen molar-refractivity contribution in [1.82, 2.24) is 10.4 Å². The van der Waals surface area contributed by atoms with Crippen LogP contribution in [0.5, 0.6) is 0 Å². The lowest BCUT2D eigenvalue weighted by atomic mass is 10.1. The monoisotopic (exact) mass is 196 g/mol. The van der Waals surface area contributed by atoms with E-state index in [0.717, 1.165) is 12.0 Å². The summed E-state index contributed by atoms with van der Waals surface area (Å²) in [6.07, 6.45) is 0.932. The molecule has 0 spiro atoms. The minimum absolute atomic E-state index is 0.179. The molecule has 0 saturated carbocycles. The number of nitrogens with zero attached hydrogens (tertiary/aromatic N) is 1. The Kier molecular flexibility index (Phi) is 4.04. The molecular formula is C11H17FN2. The zero-order valence-corrected chi connectivity index (χ0v) is 8.92. The van der Waals surface area contributed by atoms with E-state index in [1.807, 2.05) is 25.2 Å². The Hall–Kier alpha value is -0.930. The lowest BCUT2D eigenvalue weighted by Crippen LogP contribution is -2.33. The molecule has 1 aromatic carbocycles. The van der Waals surface area contributed by atoms with E-state index in [9.17, 15) is 4.39 Å². The van der Waals surface area contributed by atoms with Crippen LogP contribution in [0.4, 0.5) is 4.39 Å². The van der Waals surface area contributed by atoms with E-state index in [0.29, 0.717) is 0 Å². The highest BCUT2D eigenvalue weighted by Gasteiger charge is 2.09. The third-order valence-corrected chi connectivity index (χ3v) is 2.07. The molecule has 0 aliphatic carbocycles. The third-order valence-electron chi connectivity index (χ3n) is 2.07. The first-order chi connectivity index (χ1) is 6.63. The van der Waals surface area contributed by atoms with E-state index >= 15 is 0 Å². The van der Waals surface area contributed by atoms with Crippen molar-refractivity contribution in [2.24, 2.45) is 0 Å². The van der Waals surface area contributed by atoms with E-state index in [1.165, 1.54) is 6.07 Å². The fourth-order valence-electron chi connectivity index (χ4n) is 1.44. The third kappa shape index (κ3) is 3.09. The summed E-state index contributed by atoms with van der Waals surface area (Å²) in [5, 5.41) is 1.89. The smallest absolute Gasteiger partial charge is 0.123 e. The van der Waals surface area contributed by atoms with Crippen LogP contribution in [0, 0.1) is 5.82 Å². The van der Waals surface area contributed by atoms with Gasteiger partial charge in [0.05, 0.1) is 0 Å². The van der Waals surface area contributed by atoms with Gasteiger partial charge in [-0.25, -0.2) is 9.82 Å². The lowest BCUT2D eigenvalue weighted by molar-refractivity contribution is 0.238. The van der Waals surface area contributed by atoms with Crippen molar-refractivity contribution >= 4 is 0 Å². The van der Waals surface area contributed by atoms with E-state index in [1.54, 1.807) is 12.1 Å². The highest BCUT2D eigenvalue weighted by Crippen LogP contribution is 2.17. The van der Waals surface area contributed by atoms with Crippen LogP contribution in [-0.4, -0.2) is 19.1 Å². The normalized spacial score (nSPS) is 13.2. The standard InChI is InChI=1S/C11H17FN2/c1-4-11(13-14(2)3)9-6-5-7-10(12)8-9/h5-8,11,13H,4H2,1-3H3. The van der Waals surface area contributed by atoms with Crippen molar-refractivity contribution in [2.45, 2.75) is 19.4 Å². The Morgan fingerprint density at radius 1 is 1.43 bits per heavy atom. The molecule has 3 heteroatoms. The predicted molar refractivity (Wildman–Crippen MR) is 56.3 cm³/mol. The molecule has 0 saturated heterocycles. The van der Waals surface area contributed by atoms with Crippen LogP contribution < -0.4 is 5.43 Å². The maximum absolute atomic E-state index is 13.0. The second-order valence-corrected chi connectivity index (χ2v) is 3.54. The Bertz CT molecular complexity index is 286. The Labute approximate surface area is 84.7 Å². The predicted octanol–water partition coefficient (Wildman–Crippen LogP) is 2.34. The molecule has 2 nitrogen and oxygen atoms in total. The summed E-state index contributed by atoms with van der Waals surface area (Å²) in [6, 6.07) is 6.90. The summed E-state index contributed by atoms with van der Waals surface area (Å²) in [6.45, 7) is 2.08. The van der Waals surface area contributed by atoms with Crippen molar-refractivity contribution in [2.75, 3.05) is 14.1 Å². The Morgan fingerprint density at radius 3 is 2.64 bits per heavy atom. The molecule has 1 atom stereocenters. The van der Waals surface area contributed by atoms with Gasteiger partial charge in [-0.3, -0.25) is 5.01 Å². The van der Waals surface area contributed by atoms with Crippen LogP contribution >= 0.6 is 0 Å². The van der Waals surface area contributed by atoms with Crippen LogP contribution in [0.2, 0.25) is 0 Å². The fraction of sp³-hybridized carbons (Fsp3) is 0.455. The van der Waals surface area contributed by atoms with Crippen LogP contribution in [0.15, 0.2) is 24.3 Å². The summed E-state index contributed by atoms with van der Waals surface area (Å²) in [4.78, 5) is 0. The largest absolute Gasteiger partial charge is 0.250 e. The van der Waals surface area contributed by atoms with Crippen molar-refractivity contribution in [3.8, 4) is 0 Å². The second kappa shape index (κ2) is 5.08. The molecule has 1 N–H and O–H groups in total. The van der Waals surface area contributed by atoms with Gasteiger partial charge in [0, 0.05) is 20.1 Å². The van der Waals surface area contributed by atoms with Gasteiger partial charge in [0.2, 0.25) is 0 Å². The lowest BCUT2D eigenvalue weighted by Gasteiger charge is -2.22. The second-order valence-electron chi connectivity index (χ2n) is 3.54. The van der Waals surface area contributed by atoms with Crippen molar-refractivity contribution in [1.29, 1.82) is 0 Å². The molecule has 0 aromatic heterocycles. The maximum Gasteiger partial charge on any atom is 0.123 e. The van der Waals surface area contributed by atoms with Gasteiger partial charge in [0.1, 0.15) is 5.82 Å². The molecular weight excluding hydrogens is 179 g/mol. The summed E-state index contributed by atoms with van der Waals surface area (Å²) in [5.41, 5.74) is 4.23. The first-order valence-electron chi connectivity index (χ1n) is 4.82. The first kappa shape index (κ1) is 11.1. The highest BCUT2D eigenvalue weighted by atomic mass is 19.1. The number of halogens is 1. The number of benzene rings is 1. The molecule has 78 valence electrons. The van der Waals surface area contributed by atoms with Crippen LogP contribution in [0.25, 0.3) is 0 Å². The molecule has 1 rings (SSSR count). The van der Waals surface area contributed by atoms with Gasteiger partial charge in [-0.2, -0.15) is 0 Å². The molecule has 1 aromatic rings. The van der Waals surface area contributed by atoms with Gasteiger partial charge in [-0.15, -0.1) is 0 Å². The fourth-order valence-corrected chi connectivity index (χ4v) is 1.44. The SMILES string of the molecule is CCC(NN(C)C)c1cccc(F)c1. The molecule has 14 heavy (non-hydrogen) atoms. The molecule has 0 fully saturated rings. The van der Waals surface area contributed by atoms with E-state index in [2.05, 4.69) is 12.3 Å². The van der Waals surface area contributed by atoms with Crippen molar-refractivity contribution in [3.63, 3.8) is 0 Å². The average molecular weight is 196 g/mol. The zero-order chi connectivity index (χ0) is 10.6. The van der Waals surface area contributed by atoms with Gasteiger partial charge in [0.25, 0.3) is 0 Å². The number of hydrogen-bond donors (Lipinski definition) is 1. The van der Waals surface area contributed by atoms with E-state index < -0.39 is 0 Å². The summed E-state index contributed by atoms with van der Waals surface area (Å²) < 4.78 is 13.0. The van der Waals surface area contributed by atoms with E-state index in [-0.39, 0.29) is 11.9 Å². The van der Waals surface area contributed by atoms with E-state index in [4.69, 9.17) is 0 Å². The topological polar surface area (TPSA) is 15.3 Å². The summed E-state index contributed by atoms with van der Waals surface area (Å²) >= 11 is 0. The van der Waals surface area contributed by atoms with Crippen LogP contribution in [-0.2, 0) is 0 Å². The number of nitrogens with one attached hydrogen (secondary N) is 1. The molecule has 0 amide bonds. The molecule has 0 aliphatic rings.